The summed E-state index contributed by atoms with van der Waals surface area (Å²) in [4.78, 5) is 25.9. The van der Waals surface area contributed by atoms with Crippen LogP contribution in [0.5, 0.6) is 0 Å². The first kappa shape index (κ1) is 16.0. The van der Waals surface area contributed by atoms with E-state index in [9.17, 15) is 9.59 Å². The number of nitrogens with one attached hydrogen (secondary N) is 3. The first-order chi connectivity index (χ1) is 11.2. The van der Waals surface area contributed by atoms with Crippen LogP contribution in [0.1, 0.15) is 18.4 Å². The van der Waals surface area contributed by atoms with Crippen LogP contribution < -0.4 is 16.0 Å². The standard InChI is InChI=1S/C17H24N4O2/c22-16-11-18-10-15(20-16)17(23)19-14-6-8-21(9-7-14)12-13-4-2-1-3-5-13/h1-5,14-15,18H,6-12H2,(H,19,23)(H,20,22). The normalized spacial score (nSPS) is 23.3. The van der Waals surface area contributed by atoms with Gasteiger partial charge in [0, 0.05) is 32.2 Å². The molecule has 2 aliphatic heterocycles. The van der Waals surface area contributed by atoms with Gasteiger partial charge in [0.25, 0.3) is 0 Å². The highest BCUT2D eigenvalue weighted by atomic mass is 16.2. The molecule has 1 atom stereocenters. The van der Waals surface area contributed by atoms with E-state index in [0.29, 0.717) is 13.1 Å². The van der Waals surface area contributed by atoms with Crippen molar-refractivity contribution in [2.24, 2.45) is 0 Å². The van der Waals surface area contributed by atoms with Crippen molar-refractivity contribution in [3.8, 4) is 0 Å². The number of carbonyl (C=O) groups excluding carboxylic acids is 2. The van der Waals surface area contributed by atoms with Crippen molar-refractivity contribution in [1.82, 2.24) is 20.9 Å². The van der Waals surface area contributed by atoms with Crippen LogP contribution >= 0.6 is 0 Å². The molecule has 2 aliphatic rings. The Kier molecular flexibility index (Phi) is 5.25. The Morgan fingerprint density at radius 2 is 1.96 bits per heavy atom. The first-order valence-electron chi connectivity index (χ1n) is 8.27. The molecule has 1 aromatic rings. The summed E-state index contributed by atoms with van der Waals surface area (Å²) in [6.07, 6.45) is 1.90. The Morgan fingerprint density at radius 3 is 2.65 bits per heavy atom. The maximum absolute atomic E-state index is 12.2. The summed E-state index contributed by atoms with van der Waals surface area (Å²) in [6.45, 7) is 3.72. The highest BCUT2D eigenvalue weighted by Gasteiger charge is 2.27. The van der Waals surface area contributed by atoms with Gasteiger partial charge in [0.15, 0.2) is 0 Å². The van der Waals surface area contributed by atoms with Crippen LogP contribution in [0, 0.1) is 0 Å². The van der Waals surface area contributed by atoms with Gasteiger partial charge in [-0.3, -0.25) is 14.5 Å². The lowest BCUT2D eigenvalue weighted by Gasteiger charge is -2.33. The van der Waals surface area contributed by atoms with E-state index in [2.05, 4.69) is 45.1 Å². The predicted octanol–water partition coefficient (Wildman–Crippen LogP) is -0.145. The number of rotatable bonds is 4. The molecular weight excluding hydrogens is 292 g/mol. The van der Waals surface area contributed by atoms with Crippen LogP contribution in [-0.2, 0) is 16.1 Å². The Hall–Kier alpha value is -1.92. The molecule has 6 nitrogen and oxygen atoms in total. The Morgan fingerprint density at radius 1 is 1.22 bits per heavy atom. The van der Waals surface area contributed by atoms with Crippen LogP contribution in [0.3, 0.4) is 0 Å². The molecule has 2 saturated heterocycles. The van der Waals surface area contributed by atoms with Crippen molar-refractivity contribution in [2.45, 2.75) is 31.5 Å². The highest BCUT2D eigenvalue weighted by molar-refractivity contribution is 5.89. The van der Waals surface area contributed by atoms with Gasteiger partial charge in [0.1, 0.15) is 6.04 Å². The Balaban J connectivity index is 1.42. The molecule has 2 heterocycles. The minimum atomic E-state index is -0.446. The number of hydrogen-bond donors (Lipinski definition) is 3. The van der Waals surface area contributed by atoms with Gasteiger partial charge in [-0.05, 0) is 18.4 Å². The van der Waals surface area contributed by atoms with Gasteiger partial charge in [0.2, 0.25) is 11.8 Å². The van der Waals surface area contributed by atoms with Crippen molar-refractivity contribution < 1.29 is 9.59 Å². The number of amides is 2. The van der Waals surface area contributed by atoms with Gasteiger partial charge in [-0.1, -0.05) is 30.3 Å². The molecule has 2 fully saturated rings. The van der Waals surface area contributed by atoms with Crippen molar-refractivity contribution in [3.05, 3.63) is 35.9 Å². The molecule has 3 rings (SSSR count). The molecule has 0 radical (unpaired) electrons. The average Bonchev–Trinajstić information content (AvgIpc) is 2.57. The maximum Gasteiger partial charge on any atom is 0.244 e. The third-order valence-electron chi connectivity index (χ3n) is 4.47. The monoisotopic (exact) mass is 316 g/mol. The van der Waals surface area contributed by atoms with Gasteiger partial charge < -0.3 is 16.0 Å². The molecular formula is C17H24N4O2. The van der Waals surface area contributed by atoms with E-state index >= 15 is 0 Å². The van der Waals surface area contributed by atoms with Gasteiger partial charge >= 0.3 is 0 Å². The van der Waals surface area contributed by atoms with E-state index in [-0.39, 0.29) is 17.9 Å². The lowest BCUT2D eigenvalue weighted by Crippen LogP contribution is -2.60. The number of carbonyl (C=O) groups is 2. The molecule has 0 aromatic heterocycles. The van der Waals surface area contributed by atoms with E-state index in [4.69, 9.17) is 0 Å². The minimum absolute atomic E-state index is 0.0768. The van der Waals surface area contributed by atoms with Crippen LogP contribution in [-0.4, -0.2) is 55.0 Å². The summed E-state index contributed by atoms with van der Waals surface area (Å²) in [7, 11) is 0. The predicted molar refractivity (Wildman–Crippen MR) is 87.7 cm³/mol. The third kappa shape index (κ3) is 4.53. The summed E-state index contributed by atoms with van der Waals surface area (Å²) in [6, 6.07) is 10.2. The van der Waals surface area contributed by atoms with Crippen LogP contribution in [0.15, 0.2) is 30.3 Å². The van der Waals surface area contributed by atoms with Crippen LogP contribution in [0.2, 0.25) is 0 Å². The molecule has 1 aromatic carbocycles. The highest BCUT2D eigenvalue weighted by Crippen LogP contribution is 2.14. The van der Waals surface area contributed by atoms with E-state index in [0.717, 1.165) is 32.5 Å². The van der Waals surface area contributed by atoms with E-state index in [1.54, 1.807) is 0 Å². The molecule has 6 heteroatoms. The van der Waals surface area contributed by atoms with E-state index < -0.39 is 6.04 Å². The molecule has 1 unspecified atom stereocenters. The number of hydrogen-bond acceptors (Lipinski definition) is 4. The maximum atomic E-state index is 12.2. The van der Waals surface area contributed by atoms with Crippen molar-refractivity contribution in [3.63, 3.8) is 0 Å². The fourth-order valence-electron chi connectivity index (χ4n) is 3.16. The summed E-state index contributed by atoms with van der Waals surface area (Å²) in [5.41, 5.74) is 1.32. The number of likely N-dealkylation sites (tertiary alicyclic amines) is 1. The van der Waals surface area contributed by atoms with Crippen molar-refractivity contribution in [1.29, 1.82) is 0 Å². The van der Waals surface area contributed by atoms with Gasteiger partial charge in [-0.2, -0.15) is 0 Å². The van der Waals surface area contributed by atoms with E-state index in [1.165, 1.54) is 5.56 Å². The molecule has 0 spiro atoms. The fourth-order valence-corrected chi connectivity index (χ4v) is 3.16. The average molecular weight is 316 g/mol. The zero-order valence-corrected chi connectivity index (χ0v) is 13.3. The van der Waals surface area contributed by atoms with Crippen molar-refractivity contribution in [2.75, 3.05) is 26.2 Å². The third-order valence-corrected chi connectivity index (χ3v) is 4.47. The molecule has 0 saturated carbocycles. The molecule has 2 amide bonds. The van der Waals surface area contributed by atoms with Crippen LogP contribution in [0.4, 0.5) is 0 Å². The van der Waals surface area contributed by atoms with Gasteiger partial charge in [-0.25, -0.2) is 0 Å². The summed E-state index contributed by atoms with van der Waals surface area (Å²) in [5.74, 6) is -0.193. The lowest BCUT2D eigenvalue weighted by molar-refractivity contribution is -0.130. The second-order valence-electron chi connectivity index (χ2n) is 6.30. The van der Waals surface area contributed by atoms with E-state index in [1.807, 2.05) is 6.07 Å². The molecule has 124 valence electrons. The SMILES string of the molecule is O=C1CNCC(C(=O)NC2CCN(Cc3ccccc3)CC2)N1. The van der Waals surface area contributed by atoms with Gasteiger partial charge in [-0.15, -0.1) is 0 Å². The Labute approximate surface area is 136 Å². The minimum Gasteiger partial charge on any atom is -0.351 e. The quantitative estimate of drug-likeness (QED) is 0.723. The largest absolute Gasteiger partial charge is 0.351 e. The van der Waals surface area contributed by atoms with Crippen molar-refractivity contribution >= 4 is 11.8 Å². The number of piperidine rings is 1. The topological polar surface area (TPSA) is 73.5 Å². The summed E-state index contributed by atoms with van der Waals surface area (Å²) < 4.78 is 0. The number of piperazine rings is 1. The number of benzene rings is 1. The van der Waals surface area contributed by atoms with Crippen LogP contribution in [0.25, 0.3) is 0 Å². The zero-order valence-electron chi connectivity index (χ0n) is 13.3. The summed E-state index contributed by atoms with van der Waals surface area (Å²) >= 11 is 0. The second kappa shape index (κ2) is 7.57. The first-order valence-corrected chi connectivity index (χ1v) is 8.27. The summed E-state index contributed by atoms with van der Waals surface area (Å²) in [5, 5.41) is 8.75. The zero-order chi connectivity index (χ0) is 16.1. The lowest BCUT2D eigenvalue weighted by atomic mass is 10.0. The molecule has 3 N–H and O–H groups in total. The fraction of sp³-hybridized carbons (Fsp3) is 0.529. The smallest absolute Gasteiger partial charge is 0.244 e. The second-order valence-corrected chi connectivity index (χ2v) is 6.30. The molecule has 23 heavy (non-hydrogen) atoms. The molecule has 0 bridgehead atoms. The molecule has 0 aliphatic carbocycles. The Bertz CT molecular complexity index is 541. The van der Waals surface area contributed by atoms with Gasteiger partial charge in [0.05, 0.1) is 6.54 Å². The number of nitrogens with zero attached hydrogens (tertiary/aromatic N) is 1.